The van der Waals surface area contributed by atoms with Crippen molar-refractivity contribution in [2.45, 2.75) is 58.0 Å². The van der Waals surface area contributed by atoms with Crippen molar-refractivity contribution in [3.8, 4) is 11.5 Å². The lowest BCUT2D eigenvalue weighted by atomic mass is 9.88. The minimum Gasteiger partial charge on any atom is -0.493 e. The van der Waals surface area contributed by atoms with E-state index in [2.05, 4.69) is 17.4 Å². The largest absolute Gasteiger partial charge is 0.493 e. The molecule has 8 heteroatoms. The lowest BCUT2D eigenvalue weighted by Gasteiger charge is -2.32. The van der Waals surface area contributed by atoms with E-state index in [-0.39, 0.29) is 17.8 Å². The number of likely N-dealkylation sites (tertiary alicyclic amines) is 1. The van der Waals surface area contributed by atoms with Crippen molar-refractivity contribution in [1.82, 2.24) is 4.90 Å². The third-order valence-corrected chi connectivity index (χ3v) is 7.26. The Bertz CT molecular complexity index is 1420. The molecule has 0 bridgehead atoms. The molecule has 2 amide bonds. The summed E-state index contributed by atoms with van der Waals surface area (Å²) in [6, 6.07) is 20.5. The second-order valence-electron chi connectivity index (χ2n) is 11.5. The number of carbonyl (C=O) groups is 3. The van der Waals surface area contributed by atoms with Gasteiger partial charge in [0.25, 0.3) is 11.8 Å². The van der Waals surface area contributed by atoms with Gasteiger partial charge in [0, 0.05) is 30.8 Å². The summed E-state index contributed by atoms with van der Waals surface area (Å²) in [5.41, 5.74) is 3.25. The number of rotatable bonds is 9. The second kappa shape index (κ2) is 13.6. The Labute approximate surface area is 248 Å². The van der Waals surface area contributed by atoms with E-state index < -0.39 is 5.60 Å². The molecule has 0 aliphatic carbocycles. The first-order valence-corrected chi connectivity index (χ1v) is 14.3. The lowest BCUT2D eigenvalue weighted by Crippen LogP contribution is -2.38. The molecule has 1 heterocycles. The van der Waals surface area contributed by atoms with E-state index in [1.807, 2.05) is 37.8 Å². The Kier molecular flexibility index (Phi) is 9.88. The summed E-state index contributed by atoms with van der Waals surface area (Å²) in [4.78, 5) is 40.4. The highest BCUT2D eigenvalue weighted by Gasteiger charge is 2.25. The lowest BCUT2D eigenvalue weighted by molar-refractivity contribution is -0.154. The number of para-hydroxylation sites is 1. The molecule has 0 spiro atoms. The van der Waals surface area contributed by atoms with Crippen LogP contribution in [0.15, 0.2) is 66.7 Å². The Hall–Kier alpha value is -4.33. The molecule has 0 radical (unpaired) electrons. The molecular weight excluding hydrogens is 532 g/mol. The molecule has 4 rings (SSSR count). The Morgan fingerprint density at radius 3 is 2.31 bits per heavy atom. The van der Waals surface area contributed by atoms with Crippen LogP contribution in [0.5, 0.6) is 11.5 Å². The highest BCUT2D eigenvalue weighted by Crippen LogP contribution is 2.32. The monoisotopic (exact) mass is 572 g/mol. The average molecular weight is 573 g/mol. The number of carbonyl (C=O) groups excluding carboxylic acids is 3. The van der Waals surface area contributed by atoms with Gasteiger partial charge in [-0.25, -0.2) is 0 Å². The van der Waals surface area contributed by atoms with Crippen LogP contribution in [0.3, 0.4) is 0 Å². The standard InChI is InChI=1S/C34H40N2O6/c1-34(2,3)42-30(37)16-15-23-9-6-10-25(21-23)24-17-19-36(20-18-24)33(39)26-11-7-12-27(22-26)35-32(38)28-13-8-14-29(40-4)31(28)41-5/h6-14,21-22,24H,15-20H2,1-5H3,(H,35,38). The number of nitrogens with one attached hydrogen (secondary N) is 1. The minimum absolute atomic E-state index is 0.0605. The van der Waals surface area contributed by atoms with Gasteiger partial charge < -0.3 is 24.4 Å². The predicted octanol–water partition coefficient (Wildman–Crippen LogP) is 6.25. The smallest absolute Gasteiger partial charge is 0.306 e. The number of ether oxygens (including phenoxy) is 3. The van der Waals surface area contributed by atoms with Crippen molar-refractivity contribution in [1.29, 1.82) is 0 Å². The number of hydrogen-bond donors (Lipinski definition) is 1. The van der Waals surface area contributed by atoms with Gasteiger partial charge in [-0.1, -0.05) is 36.4 Å². The molecule has 3 aromatic rings. The Balaban J connectivity index is 1.34. The topological polar surface area (TPSA) is 94.2 Å². The summed E-state index contributed by atoms with van der Waals surface area (Å²) in [5.74, 6) is 0.549. The van der Waals surface area contributed by atoms with Gasteiger partial charge >= 0.3 is 5.97 Å². The van der Waals surface area contributed by atoms with E-state index in [1.165, 1.54) is 19.8 Å². The van der Waals surface area contributed by atoms with Gasteiger partial charge in [0.1, 0.15) is 5.60 Å². The van der Waals surface area contributed by atoms with E-state index in [1.54, 1.807) is 42.5 Å². The molecule has 3 aromatic carbocycles. The van der Waals surface area contributed by atoms with Crippen molar-refractivity contribution in [2.24, 2.45) is 0 Å². The number of amides is 2. The van der Waals surface area contributed by atoms with Crippen LogP contribution < -0.4 is 14.8 Å². The quantitative estimate of drug-likeness (QED) is 0.305. The number of piperidine rings is 1. The number of anilines is 1. The van der Waals surface area contributed by atoms with E-state index in [9.17, 15) is 14.4 Å². The molecule has 0 unspecified atom stereocenters. The molecule has 1 N–H and O–H groups in total. The number of methoxy groups -OCH3 is 2. The molecule has 0 atom stereocenters. The zero-order valence-corrected chi connectivity index (χ0v) is 25.1. The van der Waals surface area contributed by atoms with Crippen LogP contribution in [0, 0.1) is 0 Å². The first-order chi connectivity index (χ1) is 20.1. The Morgan fingerprint density at radius 1 is 0.905 bits per heavy atom. The van der Waals surface area contributed by atoms with Gasteiger partial charge in [0.15, 0.2) is 11.5 Å². The molecule has 1 aliphatic rings. The molecule has 1 fully saturated rings. The fourth-order valence-electron chi connectivity index (χ4n) is 5.23. The van der Waals surface area contributed by atoms with Crippen LogP contribution in [-0.4, -0.2) is 55.6 Å². The van der Waals surface area contributed by atoms with Crippen LogP contribution in [0.1, 0.15) is 77.8 Å². The van der Waals surface area contributed by atoms with Gasteiger partial charge in [-0.3, -0.25) is 14.4 Å². The zero-order chi connectivity index (χ0) is 30.3. The third kappa shape index (κ3) is 7.90. The summed E-state index contributed by atoms with van der Waals surface area (Å²) in [6.07, 6.45) is 2.69. The van der Waals surface area contributed by atoms with Gasteiger partial charge in [0.2, 0.25) is 0 Å². The van der Waals surface area contributed by atoms with E-state index in [0.29, 0.717) is 60.2 Å². The molecule has 0 saturated carbocycles. The SMILES string of the molecule is COc1cccc(C(=O)Nc2cccc(C(=O)N3CCC(c4cccc(CCC(=O)OC(C)(C)C)c4)CC3)c2)c1OC. The molecule has 1 aliphatic heterocycles. The minimum atomic E-state index is -0.482. The normalized spacial score (nSPS) is 13.8. The average Bonchev–Trinajstić information content (AvgIpc) is 2.98. The fourth-order valence-corrected chi connectivity index (χ4v) is 5.23. The van der Waals surface area contributed by atoms with Crippen LogP contribution >= 0.6 is 0 Å². The zero-order valence-electron chi connectivity index (χ0n) is 25.1. The van der Waals surface area contributed by atoms with Crippen LogP contribution in [0.2, 0.25) is 0 Å². The summed E-state index contributed by atoms with van der Waals surface area (Å²) in [5, 5.41) is 2.87. The van der Waals surface area contributed by atoms with Crippen LogP contribution in [0.25, 0.3) is 0 Å². The molecule has 8 nitrogen and oxygen atoms in total. The fraction of sp³-hybridized carbons (Fsp3) is 0.382. The van der Waals surface area contributed by atoms with Crippen LogP contribution in [-0.2, 0) is 16.0 Å². The maximum absolute atomic E-state index is 13.4. The van der Waals surface area contributed by atoms with Crippen molar-refractivity contribution >= 4 is 23.5 Å². The summed E-state index contributed by atoms with van der Waals surface area (Å²) in [7, 11) is 3.00. The maximum Gasteiger partial charge on any atom is 0.306 e. The summed E-state index contributed by atoms with van der Waals surface area (Å²) in [6.45, 7) is 6.91. The van der Waals surface area contributed by atoms with E-state index >= 15 is 0 Å². The number of esters is 1. The summed E-state index contributed by atoms with van der Waals surface area (Å²) >= 11 is 0. The predicted molar refractivity (Wildman–Crippen MR) is 162 cm³/mol. The van der Waals surface area contributed by atoms with Gasteiger partial charge in [0.05, 0.1) is 19.8 Å². The van der Waals surface area contributed by atoms with Gasteiger partial charge in [-0.05, 0) is 87.4 Å². The molecule has 1 saturated heterocycles. The van der Waals surface area contributed by atoms with Crippen molar-refractivity contribution in [3.05, 3.63) is 89.0 Å². The highest BCUT2D eigenvalue weighted by molar-refractivity contribution is 6.07. The first-order valence-electron chi connectivity index (χ1n) is 14.3. The van der Waals surface area contributed by atoms with E-state index in [0.717, 1.165) is 18.4 Å². The van der Waals surface area contributed by atoms with Crippen molar-refractivity contribution in [3.63, 3.8) is 0 Å². The van der Waals surface area contributed by atoms with Gasteiger partial charge in [-0.15, -0.1) is 0 Å². The maximum atomic E-state index is 13.4. The summed E-state index contributed by atoms with van der Waals surface area (Å²) < 4.78 is 16.1. The van der Waals surface area contributed by atoms with Gasteiger partial charge in [-0.2, -0.15) is 0 Å². The highest BCUT2D eigenvalue weighted by atomic mass is 16.6. The number of benzene rings is 3. The molecule has 222 valence electrons. The second-order valence-corrected chi connectivity index (χ2v) is 11.5. The van der Waals surface area contributed by atoms with Crippen molar-refractivity contribution < 1.29 is 28.6 Å². The van der Waals surface area contributed by atoms with Crippen molar-refractivity contribution in [2.75, 3.05) is 32.6 Å². The third-order valence-electron chi connectivity index (χ3n) is 7.26. The van der Waals surface area contributed by atoms with Crippen LogP contribution in [0.4, 0.5) is 5.69 Å². The molecule has 0 aromatic heterocycles. The number of aryl methyl sites for hydroxylation is 1. The molecule has 42 heavy (non-hydrogen) atoms. The Morgan fingerprint density at radius 2 is 1.62 bits per heavy atom. The first kappa shape index (κ1) is 30.6. The van der Waals surface area contributed by atoms with E-state index in [4.69, 9.17) is 14.2 Å². The molecular formula is C34H40N2O6. The number of hydrogen-bond acceptors (Lipinski definition) is 6. The number of nitrogens with zero attached hydrogens (tertiary/aromatic N) is 1.